The number of hydrogen-bond donors (Lipinski definition) is 0. The van der Waals surface area contributed by atoms with Crippen LogP contribution in [-0.4, -0.2) is 54.8 Å². The van der Waals surface area contributed by atoms with E-state index >= 15 is 0 Å². The second-order valence-electron chi connectivity index (χ2n) is 8.49. The van der Waals surface area contributed by atoms with Gasteiger partial charge in [-0.05, 0) is 55.8 Å². The number of hydrogen-bond acceptors (Lipinski definition) is 5. The molecule has 1 saturated heterocycles. The summed E-state index contributed by atoms with van der Waals surface area (Å²) in [5, 5.41) is 0. The van der Waals surface area contributed by atoms with Crippen molar-refractivity contribution in [2.75, 3.05) is 33.3 Å². The van der Waals surface area contributed by atoms with E-state index in [1.165, 1.54) is 0 Å². The van der Waals surface area contributed by atoms with Crippen molar-refractivity contribution >= 4 is 17.4 Å². The third-order valence-electron chi connectivity index (χ3n) is 6.14. The smallest absolute Gasteiger partial charge is 0.257 e. The van der Waals surface area contributed by atoms with Gasteiger partial charge >= 0.3 is 0 Å². The fourth-order valence-electron chi connectivity index (χ4n) is 4.35. The topological polar surface area (TPSA) is 54.4 Å². The first-order valence-corrected chi connectivity index (χ1v) is 11.2. The van der Waals surface area contributed by atoms with Gasteiger partial charge in [0.2, 0.25) is 0 Å². The van der Waals surface area contributed by atoms with Crippen LogP contribution in [0.15, 0.2) is 65.7 Å². The minimum atomic E-state index is -0.00435. The van der Waals surface area contributed by atoms with E-state index in [2.05, 4.69) is 30.0 Å². The number of ether oxygens (including phenoxy) is 2. The molecule has 0 N–H and O–H groups in total. The third-order valence-corrected chi connectivity index (χ3v) is 6.14. The minimum absolute atomic E-state index is 0.00435. The molecule has 0 aromatic heterocycles. The minimum Gasteiger partial charge on any atom is -0.496 e. The molecule has 0 spiro atoms. The molecule has 0 saturated carbocycles. The van der Waals surface area contributed by atoms with E-state index in [1.807, 2.05) is 54.3 Å². The van der Waals surface area contributed by atoms with Crippen molar-refractivity contribution in [1.82, 2.24) is 9.80 Å². The van der Waals surface area contributed by atoms with Gasteiger partial charge in [0.05, 0.1) is 18.2 Å². The highest BCUT2D eigenvalue weighted by molar-refractivity contribution is 6.04. The first kappa shape index (κ1) is 21.1. The Kier molecular flexibility index (Phi) is 5.50. The maximum atomic E-state index is 13.1. The first-order chi connectivity index (χ1) is 16.0. The summed E-state index contributed by atoms with van der Waals surface area (Å²) < 4.78 is 11.7. The van der Waals surface area contributed by atoms with Gasteiger partial charge in [-0.2, -0.15) is 0 Å². The molecule has 3 aromatic carbocycles. The molecule has 0 unspecified atom stereocenters. The zero-order chi connectivity index (χ0) is 22.9. The number of amidine groups is 1. The van der Waals surface area contributed by atoms with Crippen LogP contribution in [0, 0.1) is 13.8 Å². The van der Waals surface area contributed by atoms with E-state index in [1.54, 1.807) is 7.11 Å². The van der Waals surface area contributed by atoms with Gasteiger partial charge in [0.25, 0.3) is 5.91 Å². The van der Waals surface area contributed by atoms with Crippen molar-refractivity contribution in [3.05, 3.63) is 82.9 Å². The van der Waals surface area contributed by atoms with Crippen LogP contribution < -0.4 is 9.47 Å². The van der Waals surface area contributed by atoms with Gasteiger partial charge in [-0.25, -0.2) is 4.99 Å². The largest absolute Gasteiger partial charge is 0.496 e. The predicted octanol–water partition coefficient (Wildman–Crippen LogP) is 4.95. The first-order valence-electron chi connectivity index (χ1n) is 11.2. The average Bonchev–Trinajstić information content (AvgIpc) is 3.00. The summed E-state index contributed by atoms with van der Waals surface area (Å²) in [6.45, 7) is 6.72. The summed E-state index contributed by atoms with van der Waals surface area (Å²) >= 11 is 0. The Bertz CT molecular complexity index is 1240. The Hall–Kier alpha value is -3.80. The molecule has 33 heavy (non-hydrogen) atoms. The lowest BCUT2D eigenvalue weighted by Crippen LogP contribution is -2.50. The zero-order valence-electron chi connectivity index (χ0n) is 19.2. The molecule has 168 valence electrons. The lowest BCUT2D eigenvalue weighted by molar-refractivity contribution is 0.0689. The standard InChI is InChI=1S/C27H27N3O3/c1-18-9-11-24-21(16-18)26(28-22-10-8-19(2)17-25(22)33-24)29-12-14-30(15-13-29)27(31)20-6-4-5-7-23(20)32-3/h4-11,16-17H,12-15H2,1-3H3. The molecule has 0 atom stereocenters. The summed E-state index contributed by atoms with van der Waals surface area (Å²) in [7, 11) is 1.59. The van der Waals surface area contributed by atoms with Crippen molar-refractivity contribution in [3.63, 3.8) is 0 Å². The average molecular weight is 442 g/mol. The lowest BCUT2D eigenvalue weighted by Gasteiger charge is -2.36. The molecular formula is C27H27N3O3. The second kappa shape index (κ2) is 8.62. The monoisotopic (exact) mass is 441 g/mol. The van der Waals surface area contributed by atoms with Crippen LogP contribution in [0.2, 0.25) is 0 Å². The number of piperazine rings is 1. The van der Waals surface area contributed by atoms with Crippen LogP contribution >= 0.6 is 0 Å². The van der Waals surface area contributed by atoms with Crippen LogP contribution in [0.4, 0.5) is 5.69 Å². The fraction of sp³-hybridized carbons (Fsp3) is 0.259. The summed E-state index contributed by atoms with van der Waals surface area (Å²) in [5.41, 5.74) is 4.67. The highest BCUT2D eigenvalue weighted by Gasteiger charge is 2.29. The van der Waals surface area contributed by atoms with Crippen molar-refractivity contribution in [1.29, 1.82) is 0 Å². The number of carbonyl (C=O) groups is 1. The van der Waals surface area contributed by atoms with Crippen LogP contribution in [-0.2, 0) is 0 Å². The Morgan fingerprint density at radius 1 is 0.909 bits per heavy atom. The normalized spacial score (nSPS) is 15.1. The Balaban J connectivity index is 1.43. The SMILES string of the molecule is COc1ccccc1C(=O)N1CCN(C2=Nc3ccc(C)cc3Oc3ccc(C)cc32)CC1. The van der Waals surface area contributed by atoms with E-state index in [9.17, 15) is 4.79 Å². The van der Waals surface area contributed by atoms with Gasteiger partial charge in [0.15, 0.2) is 5.75 Å². The van der Waals surface area contributed by atoms with Crippen molar-refractivity contribution in [2.24, 2.45) is 4.99 Å². The predicted molar refractivity (Wildman–Crippen MR) is 129 cm³/mol. The van der Waals surface area contributed by atoms with E-state index in [4.69, 9.17) is 14.5 Å². The van der Waals surface area contributed by atoms with Gasteiger partial charge in [0, 0.05) is 26.2 Å². The molecule has 2 heterocycles. The van der Waals surface area contributed by atoms with Gasteiger partial charge in [0.1, 0.15) is 23.0 Å². The van der Waals surface area contributed by atoms with Crippen molar-refractivity contribution in [3.8, 4) is 17.2 Å². The maximum Gasteiger partial charge on any atom is 0.257 e. The number of benzene rings is 3. The van der Waals surface area contributed by atoms with E-state index in [0.29, 0.717) is 37.5 Å². The molecule has 3 aromatic rings. The zero-order valence-corrected chi connectivity index (χ0v) is 19.2. The van der Waals surface area contributed by atoms with Gasteiger partial charge in [-0.3, -0.25) is 4.79 Å². The van der Waals surface area contributed by atoms with Crippen molar-refractivity contribution < 1.29 is 14.3 Å². The quantitative estimate of drug-likeness (QED) is 0.564. The molecule has 0 radical (unpaired) electrons. The number of aryl methyl sites for hydroxylation is 2. The molecule has 6 heteroatoms. The summed E-state index contributed by atoms with van der Waals surface area (Å²) in [5.74, 6) is 3.05. The summed E-state index contributed by atoms with van der Waals surface area (Å²) in [4.78, 5) is 22.3. The molecule has 6 nitrogen and oxygen atoms in total. The number of amides is 1. The number of fused-ring (bicyclic) bond motifs is 2. The number of rotatable bonds is 2. The lowest BCUT2D eigenvalue weighted by atomic mass is 10.1. The Labute approximate surface area is 194 Å². The van der Waals surface area contributed by atoms with E-state index < -0.39 is 0 Å². The molecule has 0 aliphatic carbocycles. The number of methoxy groups -OCH3 is 1. The Morgan fingerprint density at radius 3 is 2.42 bits per heavy atom. The molecule has 5 rings (SSSR count). The highest BCUT2D eigenvalue weighted by atomic mass is 16.5. The van der Waals surface area contributed by atoms with Crippen molar-refractivity contribution in [2.45, 2.75) is 13.8 Å². The number of carbonyl (C=O) groups excluding carboxylic acids is 1. The van der Waals surface area contributed by atoms with Crippen LogP contribution in [0.3, 0.4) is 0 Å². The molecule has 2 aliphatic rings. The maximum absolute atomic E-state index is 13.1. The van der Waals surface area contributed by atoms with E-state index in [-0.39, 0.29) is 5.91 Å². The Morgan fingerprint density at radius 2 is 1.64 bits per heavy atom. The van der Waals surface area contributed by atoms with Gasteiger partial charge in [-0.1, -0.05) is 29.8 Å². The molecule has 1 amide bonds. The number of nitrogens with zero attached hydrogens (tertiary/aromatic N) is 3. The molecule has 1 fully saturated rings. The molecular weight excluding hydrogens is 414 g/mol. The summed E-state index contributed by atoms with van der Waals surface area (Å²) in [6.07, 6.45) is 0. The summed E-state index contributed by atoms with van der Waals surface area (Å²) in [6, 6.07) is 19.7. The molecule has 2 aliphatic heterocycles. The van der Waals surface area contributed by atoms with Crippen LogP contribution in [0.5, 0.6) is 17.2 Å². The van der Waals surface area contributed by atoms with Crippen LogP contribution in [0.25, 0.3) is 0 Å². The number of aliphatic imine (C=N–C) groups is 1. The highest BCUT2D eigenvalue weighted by Crippen LogP contribution is 2.39. The molecule has 0 bridgehead atoms. The van der Waals surface area contributed by atoms with Gasteiger partial charge in [-0.15, -0.1) is 0 Å². The number of para-hydroxylation sites is 1. The van der Waals surface area contributed by atoms with E-state index in [0.717, 1.165) is 39.7 Å². The van der Waals surface area contributed by atoms with Crippen LogP contribution in [0.1, 0.15) is 27.0 Å². The fourth-order valence-corrected chi connectivity index (χ4v) is 4.35. The second-order valence-corrected chi connectivity index (χ2v) is 8.49. The van der Waals surface area contributed by atoms with Gasteiger partial charge < -0.3 is 19.3 Å². The third kappa shape index (κ3) is 4.04.